The number of rotatable bonds is 4. The summed E-state index contributed by atoms with van der Waals surface area (Å²) in [5.41, 5.74) is 1.17. The second-order valence-electron chi connectivity index (χ2n) is 4.84. The van der Waals surface area contributed by atoms with Gasteiger partial charge in [0.2, 0.25) is 0 Å². The number of nitrogens with zero attached hydrogens (tertiary/aromatic N) is 2. The van der Waals surface area contributed by atoms with Gasteiger partial charge in [0, 0.05) is 24.7 Å². The average Bonchev–Trinajstić information content (AvgIpc) is 2.78. The summed E-state index contributed by atoms with van der Waals surface area (Å²) in [6.07, 6.45) is 1.79. The summed E-state index contributed by atoms with van der Waals surface area (Å²) < 4.78 is 0. The average molecular weight is 250 g/mol. The molecular formula is C13H18N2O3. The van der Waals surface area contributed by atoms with Gasteiger partial charge in [0.25, 0.3) is 5.69 Å². The SMILES string of the molecule is CC(O)C1CCCN1Cc1ccc([N+](=O)[O-])cc1. The fourth-order valence-corrected chi connectivity index (χ4v) is 2.55. The molecule has 98 valence electrons. The molecule has 1 aromatic carbocycles. The second-order valence-corrected chi connectivity index (χ2v) is 4.84. The van der Waals surface area contributed by atoms with Crippen LogP contribution in [0, 0.1) is 10.1 Å². The van der Waals surface area contributed by atoms with E-state index in [9.17, 15) is 15.2 Å². The topological polar surface area (TPSA) is 66.6 Å². The van der Waals surface area contributed by atoms with Gasteiger partial charge in [-0.2, -0.15) is 0 Å². The van der Waals surface area contributed by atoms with Crippen LogP contribution in [0.4, 0.5) is 5.69 Å². The summed E-state index contributed by atoms with van der Waals surface area (Å²) in [4.78, 5) is 12.4. The molecule has 2 unspecified atom stereocenters. The summed E-state index contributed by atoms with van der Waals surface area (Å²) in [7, 11) is 0. The van der Waals surface area contributed by atoms with Crippen molar-refractivity contribution in [3.8, 4) is 0 Å². The molecule has 0 amide bonds. The first-order valence-corrected chi connectivity index (χ1v) is 6.23. The summed E-state index contributed by atoms with van der Waals surface area (Å²) >= 11 is 0. The molecule has 2 atom stereocenters. The van der Waals surface area contributed by atoms with Crippen molar-refractivity contribution in [1.29, 1.82) is 0 Å². The van der Waals surface area contributed by atoms with Crippen molar-refractivity contribution >= 4 is 5.69 Å². The number of nitro groups is 1. The van der Waals surface area contributed by atoms with E-state index >= 15 is 0 Å². The molecule has 18 heavy (non-hydrogen) atoms. The minimum absolute atomic E-state index is 0.118. The standard InChI is InChI=1S/C13H18N2O3/c1-10(16)13-3-2-8-14(13)9-11-4-6-12(7-5-11)15(17)18/h4-7,10,13,16H,2-3,8-9H2,1H3. The molecule has 0 spiro atoms. The van der Waals surface area contributed by atoms with Gasteiger partial charge in [-0.05, 0) is 31.9 Å². The molecule has 1 heterocycles. The van der Waals surface area contributed by atoms with E-state index in [4.69, 9.17) is 0 Å². The highest BCUT2D eigenvalue weighted by atomic mass is 16.6. The van der Waals surface area contributed by atoms with E-state index < -0.39 is 4.92 Å². The summed E-state index contributed by atoms with van der Waals surface area (Å²) in [5.74, 6) is 0. The van der Waals surface area contributed by atoms with Crippen LogP contribution in [0.5, 0.6) is 0 Å². The van der Waals surface area contributed by atoms with Crippen LogP contribution < -0.4 is 0 Å². The predicted octanol–water partition coefficient (Wildman–Crippen LogP) is 1.94. The molecule has 5 heteroatoms. The fraction of sp³-hybridized carbons (Fsp3) is 0.538. The maximum atomic E-state index is 10.6. The lowest BCUT2D eigenvalue weighted by atomic mass is 10.1. The number of non-ortho nitro benzene ring substituents is 1. The molecule has 1 aromatic rings. The number of likely N-dealkylation sites (tertiary alicyclic amines) is 1. The van der Waals surface area contributed by atoms with Crippen molar-refractivity contribution in [3.05, 3.63) is 39.9 Å². The van der Waals surface area contributed by atoms with Crippen LogP contribution in [0.1, 0.15) is 25.3 Å². The van der Waals surface area contributed by atoms with E-state index in [1.54, 1.807) is 12.1 Å². The van der Waals surface area contributed by atoms with Crippen molar-refractivity contribution in [1.82, 2.24) is 4.90 Å². The number of hydrogen-bond donors (Lipinski definition) is 1. The van der Waals surface area contributed by atoms with Crippen LogP contribution in [-0.2, 0) is 6.54 Å². The molecule has 0 aromatic heterocycles. The van der Waals surface area contributed by atoms with E-state index in [0.717, 1.165) is 31.5 Å². The molecule has 1 fully saturated rings. The molecule has 1 aliphatic heterocycles. The number of nitro benzene ring substituents is 1. The van der Waals surface area contributed by atoms with Crippen LogP contribution in [0.3, 0.4) is 0 Å². The monoisotopic (exact) mass is 250 g/mol. The van der Waals surface area contributed by atoms with Crippen LogP contribution in [0.25, 0.3) is 0 Å². The third-order valence-corrected chi connectivity index (χ3v) is 3.50. The van der Waals surface area contributed by atoms with E-state index in [0.29, 0.717) is 0 Å². The lowest BCUT2D eigenvalue weighted by Crippen LogP contribution is -2.36. The van der Waals surface area contributed by atoms with Crippen molar-refractivity contribution in [3.63, 3.8) is 0 Å². The molecule has 2 rings (SSSR count). The Morgan fingerprint density at radius 2 is 2.17 bits per heavy atom. The third-order valence-electron chi connectivity index (χ3n) is 3.50. The van der Waals surface area contributed by atoms with E-state index in [1.807, 2.05) is 6.92 Å². The lowest BCUT2D eigenvalue weighted by Gasteiger charge is -2.26. The van der Waals surface area contributed by atoms with Crippen molar-refractivity contribution in [2.45, 2.75) is 38.5 Å². The maximum Gasteiger partial charge on any atom is 0.269 e. The Kier molecular flexibility index (Phi) is 3.93. The Hall–Kier alpha value is -1.46. The van der Waals surface area contributed by atoms with Gasteiger partial charge in [0.1, 0.15) is 0 Å². The van der Waals surface area contributed by atoms with E-state index in [1.165, 1.54) is 12.1 Å². The van der Waals surface area contributed by atoms with Gasteiger partial charge in [-0.15, -0.1) is 0 Å². The zero-order chi connectivity index (χ0) is 13.1. The molecule has 5 nitrogen and oxygen atoms in total. The van der Waals surface area contributed by atoms with Crippen LogP contribution in [-0.4, -0.2) is 33.6 Å². The largest absolute Gasteiger partial charge is 0.392 e. The number of benzene rings is 1. The molecule has 0 saturated carbocycles. The predicted molar refractivity (Wildman–Crippen MR) is 68.2 cm³/mol. The van der Waals surface area contributed by atoms with E-state index in [-0.39, 0.29) is 17.8 Å². The van der Waals surface area contributed by atoms with Gasteiger partial charge in [0.15, 0.2) is 0 Å². The quantitative estimate of drug-likeness (QED) is 0.655. The highest BCUT2D eigenvalue weighted by Gasteiger charge is 2.27. The Labute approximate surface area is 106 Å². The first-order chi connectivity index (χ1) is 8.58. The van der Waals surface area contributed by atoms with Gasteiger partial charge >= 0.3 is 0 Å². The Morgan fingerprint density at radius 3 is 2.72 bits per heavy atom. The van der Waals surface area contributed by atoms with Gasteiger partial charge in [-0.25, -0.2) is 0 Å². The zero-order valence-corrected chi connectivity index (χ0v) is 10.5. The molecule has 0 radical (unpaired) electrons. The Balaban J connectivity index is 2.02. The molecule has 0 aliphatic carbocycles. The van der Waals surface area contributed by atoms with Crippen molar-refractivity contribution in [2.24, 2.45) is 0 Å². The smallest absolute Gasteiger partial charge is 0.269 e. The number of aliphatic hydroxyl groups is 1. The van der Waals surface area contributed by atoms with Gasteiger partial charge in [-0.1, -0.05) is 12.1 Å². The van der Waals surface area contributed by atoms with Gasteiger partial charge in [0.05, 0.1) is 11.0 Å². The minimum atomic E-state index is -0.391. The van der Waals surface area contributed by atoms with Crippen LogP contribution in [0.2, 0.25) is 0 Å². The van der Waals surface area contributed by atoms with Gasteiger partial charge in [-0.3, -0.25) is 15.0 Å². The van der Waals surface area contributed by atoms with E-state index in [2.05, 4.69) is 4.90 Å². The summed E-state index contributed by atoms with van der Waals surface area (Å²) in [6.45, 7) is 3.54. The maximum absolute atomic E-state index is 10.6. The zero-order valence-electron chi connectivity index (χ0n) is 10.5. The lowest BCUT2D eigenvalue weighted by molar-refractivity contribution is -0.384. The normalized spacial score (nSPS) is 22.0. The second kappa shape index (κ2) is 5.46. The highest BCUT2D eigenvalue weighted by Crippen LogP contribution is 2.23. The first-order valence-electron chi connectivity index (χ1n) is 6.23. The summed E-state index contributed by atoms with van der Waals surface area (Å²) in [6, 6.07) is 6.84. The molecular weight excluding hydrogens is 232 g/mol. The van der Waals surface area contributed by atoms with Crippen molar-refractivity contribution < 1.29 is 10.0 Å². The highest BCUT2D eigenvalue weighted by molar-refractivity contribution is 5.32. The molecule has 1 N–H and O–H groups in total. The van der Waals surface area contributed by atoms with Crippen LogP contribution >= 0.6 is 0 Å². The summed E-state index contributed by atoms with van der Waals surface area (Å²) in [5, 5.41) is 20.2. The van der Waals surface area contributed by atoms with Crippen LogP contribution in [0.15, 0.2) is 24.3 Å². The fourth-order valence-electron chi connectivity index (χ4n) is 2.55. The Bertz CT molecular complexity index is 417. The molecule has 0 bridgehead atoms. The van der Waals surface area contributed by atoms with Crippen molar-refractivity contribution in [2.75, 3.05) is 6.54 Å². The molecule has 1 aliphatic rings. The first kappa shape index (κ1) is 13.0. The number of hydrogen-bond acceptors (Lipinski definition) is 4. The third kappa shape index (κ3) is 2.86. The Morgan fingerprint density at radius 1 is 1.50 bits per heavy atom. The van der Waals surface area contributed by atoms with Gasteiger partial charge < -0.3 is 5.11 Å². The minimum Gasteiger partial charge on any atom is -0.392 e. The number of aliphatic hydroxyl groups excluding tert-OH is 1. The molecule has 1 saturated heterocycles.